The summed E-state index contributed by atoms with van der Waals surface area (Å²) in [6.45, 7) is 5.28. The second-order valence-electron chi connectivity index (χ2n) is 9.38. The first-order valence-electron chi connectivity index (χ1n) is 11.8. The Morgan fingerprint density at radius 1 is 0.861 bits per heavy atom. The van der Waals surface area contributed by atoms with E-state index in [4.69, 9.17) is 15.3 Å². The zero-order valence-corrected chi connectivity index (χ0v) is 20.0. The average Bonchev–Trinajstić information content (AvgIpc) is 3.08. The van der Waals surface area contributed by atoms with E-state index in [2.05, 4.69) is 99.4 Å². The van der Waals surface area contributed by atoms with E-state index >= 15 is 0 Å². The van der Waals surface area contributed by atoms with Crippen LogP contribution in [0.3, 0.4) is 0 Å². The fourth-order valence-corrected chi connectivity index (χ4v) is 5.59. The summed E-state index contributed by atoms with van der Waals surface area (Å²) in [4.78, 5) is 7.25. The van der Waals surface area contributed by atoms with Crippen molar-refractivity contribution in [3.8, 4) is 5.75 Å². The predicted molar refractivity (Wildman–Crippen MR) is 140 cm³/mol. The molecular weight excluding hydrogens is 452 g/mol. The molecule has 0 radical (unpaired) electrons. The topological polar surface area (TPSA) is 110 Å². The van der Waals surface area contributed by atoms with Gasteiger partial charge in [-0.1, -0.05) is 60.7 Å². The Bertz CT molecular complexity index is 1590. The van der Waals surface area contributed by atoms with Gasteiger partial charge in [0.2, 0.25) is 5.72 Å². The van der Waals surface area contributed by atoms with Crippen LogP contribution in [0.25, 0.3) is 21.5 Å². The van der Waals surface area contributed by atoms with Gasteiger partial charge in [0.15, 0.2) is 0 Å². The van der Waals surface area contributed by atoms with Crippen molar-refractivity contribution in [3.63, 3.8) is 0 Å². The lowest BCUT2D eigenvalue weighted by Gasteiger charge is -2.46. The molecular formula is C27H24N8O. The van der Waals surface area contributed by atoms with Crippen LogP contribution in [0.2, 0.25) is 0 Å². The first kappa shape index (κ1) is 22.0. The number of aliphatic imine (C=N–C) groups is 1. The summed E-state index contributed by atoms with van der Waals surface area (Å²) in [7, 11) is 0. The SMILES string of the molecule is CC1(C)c2c(ccc3ccccc23)N(CCN=NN=NN=N)C12C=Nc1c(ccc3ccccc13)O2. The molecule has 0 saturated heterocycles. The summed E-state index contributed by atoms with van der Waals surface area (Å²) in [5.41, 5.74) is 8.48. The zero-order chi connectivity index (χ0) is 24.8. The van der Waals surface area contributed by atoms with E-state index in [-0.39, 0.29) is 0 Å². The smallest absolute Gasteiger partial charge is 0.229 e. The zero-order valence-electron chi connectivity index (χ0n) is 20.0. The number of nitrogens with zero attached hydrogens (tertiary/aromatic N) is 7. The minimum atomic E-state index is -0.873. The number of ether oxygens (including phenoxy) is 1. The molecule has 0 bridgehead atoms. The number of benzene rings is 4. The normalized spacial score (nSPS) is 19.9. The van der Waals surface area contributed by atoms with E-state index in [9.17, 15) is 0 Å². The van der Waals surface area contributed by atoms with Crippen LogP contribution in [0.1, 0.15) is 19.4 Å². The molecule has 2 aliphatic heterocycles. The molecule has 1 spiro atoms. The van der Waals surface area contributed by atoms with Crippen LogP contribution >= 0.6 is 0 Å². The number of rotatable bonds is 5. The molecule has 36 heavy (non-hydrogen) atoms. The molecule has 2 aliphatic rings. The summed E-state index contributed by atoms with van der Waals surface area (Å²) >= 11 is 0. The third kappa shape index (κ3) is 3.12. The lowest BCUT2D eigenvalue weighted by molar-refractivity contribution is 0.0788. The Morgan fingerprint density at radius 2 is 1.58 bits per heavy atom. The summed E-state index contributed by atoms with van der Waals surface area (Å²) in [5, 5.41) is 21.6. The van der Waals surface area contributed by atoms with Gasteiger partial charge in [-0.25, -0.2) is 0 Å². The maximum absolute atomic E-state index is 6.97. The van der Waals surface area contributed by atoms with Crippen LogP contribution in [0, 0.1) is 5.53 Å². The van der Waals surface area contributed by atoms with Crippen LogP contribution in [-0.2, 0) is 5.41 Å². The van der Waals surface area contributed by atoms with E-state index in [1.807, 2.05) is 24.4 Å². The van der Waals surface area contributed by atoms with E-state index in [0.29, 0.717) is 13.1 Å². The van der Waals surface area contributed by atoms with Crippen LogP contribution in [-0.4, -0.2) is 25.0 Å². The van der Waals surface area contributed by atoms with Gasteiger partial charge >= 0.3 is 0 Å². The largest absolute Gasteiger partial charge is 0.459 e. The van der Waals surface area contributed by atoms with Crippen molar-refractivity contribution in [2.24, 2.45) is 31.0 Å². The lowest BCUT2D eigenvalue weighted by Crippen LogP contribution is -2.62. The molecule has 178 valence electrons. The fourth-order valence-electron chi connectivity index (χ4n) is 5.59. The second kappa shape index (κ2) is 8.30. The van der Waals surface area contributed by atoms with Gasteiger partial charge in [0, 0.05) is 17.6 Å². The Labute approximate surface area is 207 Å². The van der Waals surface area contributed by atoms with Crippen LogP contribution in [0.5, 0.6) is 5.75 Å². The van der Waals surface area contributed by atoms with Crippen molar-refractivity contribution in [2.45, 2.75) is 25.0 Å². The molecule has 0 saturated carbocycles. The molecule has 4 aromatic carbocycles. The number of hydrogen-bond donors (Lipinski definition) is 1. The number of hydrogen-bond acceptors (Lipinski definition) is 5. The molecule has 9 nitrogen and oxygen atoms in total. The molecule has 1 N–H and O–H groups in total. The second-order valence-corrected chi connectivity index (χ2v) is 9.38. The van der Waals surface area contributed by atoms with Crippen molar-refractivity contribution < 1.29 is 4.74 Å². The van der Waals surface area contributed by atoms with Crippen LogP contribution < -0.4 is 9.64 Å². The Balaban J connectivity index is 1.50. The Hall–Kier alpha value is -4.53. The van der Waals surface area contributed by atoms with Gasteiger partial charge in [0.25, 0.3) is 0 Å². The molecule has 1 unspecified atom stereocenters. The summed E-state index contributed by atoms with van der Waals surface area (Å²) in [5.74, 6) is 0.749. The quantitative estimate of drug-likeness (QED) is 0.240. The van der Waals surface area contributed by atoms with E-state index < -0.39 is 11.1 Å². The highest BCUT2D eigenvalue weighted by Crippen LogP contribution is 2.56. The monoisotopic (exact) mass is 476 g/mol. The molecule has 0 aromatic heterocycles. The van der Waals surface area contributed by atoms with Gasteiger partial charge < -0.3 is 9.64 Å². The molecule has 2 heterocycles. The van der Waals surface area contributed by atoms with Crippen molar-refractivity contribution in [3.05, 3.63) is 78.4 Å². The fraction of sp³-hybridized carbons (Fsp3) is 0.222. The molecule has 9 heteroatoms. The van der Waals surface area contributed by atoms with Crippen molar-refractivity contribution in [1.29, 1.82) is 5.53 Å². The van der Waals surface area contributed by atoms with Gasteiger partial charge in [-0.2, -0.15) is 10.6 Å². The predicted octanol–water partition coefficient (Wildman–Crippen LogP) is 7.35. The molecule has 4 aromatic rings. The van der Waals surface area contributed by atoms with E-state index in [1.54, 1.807) is 0 Å². The van der Waals surface area contributed by atoms with Gasteiger partial charge in [0.05, 0.1) is 18.2 Å². The molecule has 0 amide bonds. The van der Waals surface area contributed by atoms with Gasteiger partial charge in [-0.05, 0) is 68.6 Å². The first-order chi connectivity index (χ1) is 17.6. The Kier molecular flexibility index (Phi) is 5.06. The highest BCUT2D eigenvalue weighted by molar-refractivity contribution is 6.02. The van der Waals surface area contributed by atoms with Gasteiger partial charge in [-0.15, -0.1) is 0 Å². The van der Waals surface area contributed by atoms with Crippen LogP contribution in [0.15, 0.2) is 104 Å². The average molecular weight is 477 g/mol. The van der Waals surface area contributed by atoms with E-state index in [1.165, 1.54) is 16.3 Å². The molecule has 0 fully saturated rings. The first-order valence-corrected chi connectivity index (χ1v) is 11.8. The van der Waals surface area contributed by atoms with Crippen molar-refractivity contribution in [1.82, 2.24) is 0 Å². The highest BCUT2D eigenvalue weighted by Gasteiger charge is 2.60. The van der Waals surface area contributed by atoms with Crippen molar-refractivity contribution >= 4 is 39.1 Å². The number of anilines is 1. The van der Waals surface area contributed by atoms with Crippen molar-refractivity contribution in [2.75, 3.05) is 18.0 Å². The maximum atomic E-state index is 6.97. The summed E-state index contributed by atoms with van der Waals surface area (Å²) in [6, 6.07) is 25.0. The van der Waals surface area contributed by atoms with Gasteiger partial charge in [-0.3, -0.25) is 4.99 Å². The minimum absolute atomic E-state index is 0.350. The summed E-state index contributed by atoms with van der Waals surface area (Å²) in [6.07, 6.45) is 1.95. The van der Waals surface area contributed by atoms with Crippen LogP contribution in [0.4, 0.5) is 11.4 Å². The molecule has 0 aliphatic carbocycles. The third-order valence-corrected chi connectivity index (χ3v) is 7.23. The van der Waals surface area contributed by atoms with Gasteiger partial charge in [0.1, 0.15) is 11.4 Å². The Morgan fingerprint density at radius 3 is 2.39 bits per heavy atom. The van der Waals surface area contributed by atoms with E-state index in [0.717, 1.165) is 27.9 Å². The summed E-state index contributed by atoms with van der Waals surface area (Å²) < 4.78 is 6.97. The standard InChI is InChI=1S/C27H24N8O/c1-26(2)24-20-9-5-3-7-18(20)11-13-22(24)35(16-15-30-32-34-33-31-28)27(26)17-29-25-21-10-6-4-8-19(21)12-14-23(25)36-27/h3-14,17,28H,15-16H2,1-2H3. The molecule has 1 atom stereocenters. The minimum Gasteiger partial charge on any atom is -0.459 e. The number of fused-ring (bicyclic) bond motifs is 6. The third-order valence-electron chi connectivity index (χ3n) is 7.23. The lowest BCUT2D eigenvalue weighted by atomic mass is 9.75. The maximum Gasteiger partial charge on any atom is 0.229 e. The highest BCUT2D eigenvalue weighted by atomic mass is 16.5. The number of nitrogens with one attached hydrogen (secondary N) is 1. The molecule has 6 rings (SSSR count).